The fourth-order valence-electron chi connectivity index (χ4n) is 2.56. The Morgan fingerprint density at radius 2 is 1.96 bits per heavy atom. The van der Waals surface area contributed by atoms with Crippen molar-refractivity contribution in [1.29, 1.82) is 0 Å². The van der Waals surface area contributed by atoms with Crippen molar-refractivity contribution < 1.29 is 4.79 Å². The van der Waals surface area contributed by atoms with Crippen molar-refractivity contribution in [3.8, 4) is 0 Å². The van der Waals surface area contributed by atoms with E-state index in [-0.39, 0.29) is 5.91 Å². The third-order valence-electron chi connectivity index (χ3n) is 3.73. The summed E-state index contributed by atoms with van der Waals surface area (Å²) in [6, 6.07) is 10.5. The Hall–Kier alpha value is -1.82. The molecule has 2 aromatic rings. The largest absolute Gasteiger partial charge is 0.370 e. The Kier molecular flexibility index (Phi) is 6.85. The second-order valence-electron chi connectivity index (χ2n) is 6.29. The van der Waals surface area contributed by atoms with Crippen LogP contribution in [0.3, 0.4) is 0 Å². The van der Waals surface area contributed by atoms with Gasteiger partial charge in [0.25, 0.3) is 0 Å². The summed E-state index contributed by atoms with van der Waals surface area (Å²) in [7, 11) is 0. The third-order valence-corrected chi connectivity index (χ3v) is 5.13. The molecule has 0 aliphatic carbocycles. The van der Waals surface area contributed by atoms with Crippen molar-refractivity contribution in [2.75, 3.05) is 0 Å². The molecule has 2 rings (SSSR count). The number of nitrogens with zero attached hydrogens (tertiary/aromatic N) is 3. The number of carbonyl (C=O) groups is 1. The number of aryl methyl sites for hydroxylation is 1. The molecule has 1 atom stereocenters. The normalized spacial score (nSPS) is 12.5. The average molecular weight is 346 g/mol. The van der Waals surface area contributed by atoms with E-state index >= 15 is 0 Å². The molecule has 0 spiro atoms. The molecule has 6 heteroatoms. The van der Waals surface area contributed by atoms with Crippen LogP contribution in [-0.2, 0) is 17.8 Å². The van der Waals surface area contributed by atoms with Crippen molar-refractivity contribution >= 4 is 17.7 Å². The smallest absolute Gasteiger partial charge is 0.217 e. The number of nitrogens with two attached hydrogens (primary N) is 1. The summed E-state index contributed by atoms with van der Waals surface area (Å²) in [5, 5.41) is 9.94. The minimum Gasteiger partial charge on any atom is -0.370 e. The quantitative estimate of drug-likeness (QED) is 0.704. The number of hydrogen-bond donors (Lipinski definition) is 1. The van der Waals surface area contributed by atoms with Gasteiger partial charge in [0, 0.05) is 24.6 Å². The van der Waals surface area contributed by atoms with Crippen LogP contribution in [0.1, 0.15) is 50.3 Å². The molecule has 0 bridgehead atoms. The minimum absolute atomic E-state index is 0.302. The summed E-state index contributed by atoms with van der Waals surface area (Å²) in [5.41, 5.74) is 6.57. The number of rotatable bonds is 9. The maximum absolute atomic E-state index is 11.1. The van der Waals surface area contributed by atoms with E-state index in [1.807, 2.05) is 6.07 Å². The molecule has 0 unspecified atom stereocenters. The predicted molar refractivity (Wildman–Crippen MR) is 97.7 cm³/mol. The van der Waals surface area contributed by atoms with Crippen LogP contribution in [0.4, 0.5) is 0 Å². The molecule has 1 amide bonds. The predicted octanol–water partition coefficient (Wildman–Crippen LogP) is 3.60. The molecule has 130 valence electrons. The lowest BCUT2D eigenvalue weighted by Gasteiger charge is -2.17. The summed E-state index contributed by atoms with van der Waals surface area (Å²) >= 11 is 1.74. The zero-order valence-corrected chi connectivity index (χ0v) is 15.4. The Labute approximate surface area is 148 Å². The van der Waals surface area contributed by atoms with E-state index in [1.165, 1.54) is 5.56 Å². The molecule has 0 aliphatic heterocycles. The zero-order valence-electron chi connectivity index (χ0n) is 14.6. The molecule has 5 nitrogen and oxygen atoms in total. The van der Waals surface area contributed by atoms with Gasteiger partial charge in [-0.25, -0.2) is 0 Å². The molecule has 1 heterocycles. The van der Waals surface area contributed by atoms with Crippen LogP contribution in [0.5, 0.6) is 0 Å². The first kappa shape index (κ1) is 18.5. The van der Waals surface area contributed by atoms with Crippen LogP contribution in [0.25, 0.3) is 0 Å². The van der Waals surface area contributed by atoms with Gasteiger partial charge in [-0.2, -0.15) is 0 Å². The number of aromatic nitrogens is 3. The van der Waals surface area contributed by atoms with Gasteiger partial charge in [0.05, 0.1) is 0 Å². The number of benzene rings is 1. The van der Waals surface area contributed by atoms with Gasteiger partial charge >= 0.3 is 0 Å². The van der Waals surface area contributed by atoms with Gasteiger partial charge in [0.1, 0.15) is 5.82 Å². The first-order valence-electron chi connectivity index (χ1n) is 8.43. The second-order valence-corrected chi connectivity index (χ2v) is 7.46. The maximum atomic E-state index is 11.1. The standard InChI is InChI=1S/C18H26N4OS/c1-4-15(14-8-6-5-7-9-14)24-18-21-20-17(11-10-16(19)23)22(18)12-13(2)3/h5-9,13,15H,4,10-12H2,1-3H3,(H2,19,23)/t15-/m1/s1. The molecule has 0 radical (unpaired) electrons. The molecular weight excluding hydrogens is 320 g/mol. The average Bonchev–Trinajstić information content (AvgIpc) is 2.92. The topological polar surface area (TPSA) is 73.8 Å². The van der Waals surface area contributed by atoms with E-state index in [0.29, 0.717) is 24.0 Å². The Bertz CT molecular complexity index is 654. The fourth-order valence-corrected chi connectivity index (χ4v) is 3.67. The van der Waals surface area contributed by atoms with Crippen molar-refractivity contribution in [2.45, 2.75) is 57.0 Å². The highest BCUT2D eigenvalue weighted by Gasteiger charge is 2.19. The number of thioether (sulfide) groups is 1. The summed E-state index contributed by atoms with van der Waals surface area (Å²) in [4.78, 5) is 11.1. The molecular formula is C18H26N4OS. The Balaban J connectivity index is 2.23. The summed E-state index contributed by atoms with van der Waals surface area (Å²) in [6.45, 7) is 7.36. The monoisotopic (exact) mass is 346 g/mol. The Morgan fingerprint density at radius 1 is 1.25 bits per heavy atom. The SMILES string of the molecule is CC[C@@H](Sc1nnc(CCC(N)=O)n1CC(C)C)c1ccccc1. The lowest BCUT2D eigenvalue weighted by atomic mass is 10.1. The van der Waals surface area contributed by atoms with Gasteiger partial charge in [-0.05, 0) is 17.9 Å². The Morgan fingerprint density at radius 3 is 2.54 bits per heavy atom. The highest BCUT2D eigenvalue weighted by molar-refractivity contribution is 7.99. The van der Waals surface area contributed by atoms with E-state index in [4.69, 9.17) is 5.73 Å². The third kappa shape index (κ3) is 5.09. The van der Waals surface area contributed by atoms with Crippen molar-refractivity contribution in [3.05, 3.63) is 41.7 Å². The number of hydrogen-bond acceptors (Lipinski definition) is 4. The van der Waals surface area contributed by atoms with E-state index in [2.05, 4.69) is 59.8 Å². The maximum Gasteiger partial charge on any atom is 0.217 e. The van der Waals surface area contributed by atoms with Gasteiger partial charge in [0.2, 0.25) is 5.91 Å². The van der Waals surface area contributed by atoms with Crippen LogP contribution in [-0.4, -0.2) is 20.7 Å². The molecule has 1 aromatic heterocycles. The van der Waals surface area contributed by atoms with Gasteiger partial charge < -0.3 is 10.3 Å². The number of carbonyl (C=O) groups excluding carboxylic acids is 1. The van der Waals surface area contributed by atoms with Crippen LogP contribution in [0.2, 0.25) is 0 Å². The summed E-state index contributed by atoms with van der Waals surface area (Å²) < 4.78 is 2.14. The van der Waals surface area contributed by atoms with E-state index < -0.39 is 0 Å². The first-order chi connectivity index (χ1) is 11.5. The van der Waals surface area contributed by atoms with Crippen LogP contribution in [0.15, 0.2) is 35.5 Å². The zero-order chi connectivity index (χ0) is 17.5. The van der Waals surface area contributed by atoms with E-state index in [9.17, 15) is 4.79 Å². The molecule has 0 saturated heterocycles. The van der Waals surface area contributed by atoms with Gasteiger partial charge in [-0.3, -0.25) is 4.79 Å². The number of primary amides is 1. The number of amides is 1. The lowest BCUT2D eigenvalue weighted by molar-refractivity contribution is -0.118. The fraction of sp³-hybridized carbons (Fsp3) is 0.500. The lowest BCUT2D eigenvalue weighted by Crippen LogP contribution is -2.15. The van der Waals surface area contributed by atoms with Gasteiger partial charge in [-0.15, -0.1) is 10.2 Å². The molecule has 0 fully saturated rings. The van der Waals surface area contributed by atoms with Crippen LogP contribution in [0, 0.1) is 5.92 Å². The molecule has 0 aliphatic rings. The van der Waals surface area contributed by atoms with Gasteiger partial charge in [-0.1, -0.05) is 62.9 Å². The second kappa shape index (κ2) is 8.87. The van der Waals surface area contributed by atoms with Crippen molar-refractivity contribution in [3.63, 3.8) is 0 Å². The van der Waals surface area contributed by atoms with Crippen molar-refractivity contribution in [1.82, 2.24) is 14.8 Å². The summed E-state index contributed by atoms with van der Waals surface area (Å²) in [5.74, 6) is 1.01. The molecule has 2 N–H and O–H groups in total. The minimum atomic E-state index is -0.306. The highest BCUT2D eigenvalue weighted by atomic mass is 32.2. The van der Waals surface area contributed by atoms with Crippen LogP contribution < -0.4 is 5.73 Å². The van der Waals surface area contributed by atoms with E-state index in [0.717, 1.165) is 23.9 Å². The van der Waals surface area contributed by atoms with Gasteiger partial charge in [0.15, 0.2) is 5.16 Å². The van der Waals surface area contributed by atoms with E-state index in [1.54, 1.807) is 11.8 Å². The first-order valence-corrected chi connectivity index (χ1v) is 9.31. The van der Waals surface area contributed by atoms with Crippen LogP contribution >= 0.6 is 11.8 Å². The highest BCUT2D eigenvalue weighted by Crippen LogP contribution is 2.37. The summed E-state index contributed by atoms with van der Waals surface area (Å²) in [6.07, 6.45) is 1.86. The van der Waals surface area contributed by atoms with Crippen molar-refractivity contribution in [2.24, 2.45) is 11.7 Å². The molecule has 1 aromatic carbocycles. The molecule has 0 saturated carbocycles. The molecule has 24 heavy (non-hydrogen) atoms.